The van der Waals surface area contributed by atoms with Gasteiger partial charge in [0.05, 0.1) is 0 Å². The van der Waals surface area contributed by atoms with Gasteiger partial charge >= 0.3 is 0 Å². The van der Waals surface area contributed by atoms with Crippen LogP contribution in [-0.2, 0) is 0 Å². The van der Waals surface area contributed by atoms with Crippen molar-refractivity contribution < 1.29 is 4.39 Å². The van der Waals surface area contributed by atoms with Crippen molar-refractivity contribution in [3.63, 3.8) is 0 Å². The molecule has 0 unspecified atom stereocenters. The lowest BCUT2D eigenvalue weighted by atomic mass is 10.1. The first kappa shape index (κ1) is 7.26. The Balaban J connectivity index is 2.90. The first-order valence-electron chi connectivity index (χ1n) is 3.40. The Hall–Kier alpha value is -0.850. The molecule has 0 aromatic rings. The summed E-state index contributed by atoms with van der Waals surface area (Å²) in [6.07, 6.45) is 5.70. The van der Waals surface area contributed by atoms with Crippen molar-refractivity contribution in [2.75, 3.05) is 0 Å². The Bertz CT molecular complexity index is 219. The van der Waals surface area contributed by atoms with E-state index in [-0.39, 0.29) is 5.83 Å². The SMILES string of the molecule is CC1=CC=C(F)CC=C1C. The van der Waals surface area contributed by atoms with E-state index in [2.05, 4.69) is 0 Å². The van der Waals surface area contributed by atoms with Gasteiger partial charge in [0.25, 0.3) is 0 Å². The maximum absolute atomic E-state index is 12.6. The molecular formula is C9H11F. The average molecular weight is 138 g/mol. The lowest BCUT2D eigenvalue weighted by molar-refractivity contribution is 0.618. The Labute approximate surface area is 60.7 Å². The third-order valence-electron chi connectivity index (χ3n) is 1.74. The molecule has 0 heterocycles. The Morgan fingerprint density at radius 1 is 1.20 bits per heavy atom. The first-order chi connectivity index (χ1) is 4.70. The zero-order chi connectivity index (χ0) is 7.56. The molecule has 0 spiro atoms. The van der Waals surface area contributed by atoms with E-state index in [1.807, 2.05) is 26.0 Å². The average Bonchev–Trinajstić information content (AvgIpc) is 2.04. The maximum atomic E-state index is 12.6. The molecule has 0 atom stereocenters. The van der Waals surface area contributed by atoms with Crippen LogP contribution in [0.5, 0.6) is 0 Å². The lowest BCUT2D eigenvalue weighted by Gasteiger charge is -1.95. The molecule has 0 saturated carbocycles. The molecule has 0 aromatic heterocycles. The van der Waals surface area contributed by atoms with E-state index < -0.39 is 0 Å². The molecule has 0 amide bonds. The van der Waals surface area contributed by atoms with Crippen LogP contribution in [0.3, 0.4) is 0 Å². The topological polar surface area (TPSA) is 0 Å². The fraction of sp³-hybridized carbons (Fsp3) is 0.333. The van der Waals surface area contributed by atoms with E-state index in [0.29, 0.717) is 6.42 Å². The molecule has 0 aromatic carbocycles. The highest BCUT2D eigenvalue weighted by molar-refractivity contribution is 5.34. The van der Waals surface area contributed by atoms with Crippen LogP contribution in [0, 0.1) is 0 Å². The van der Waals surface area contributed by atoms with Crippen LogP contribution in [0.4, 0.5) is 4.39 Å². The lowest BCUT2D eigenvalue weighted by Crippen LogP contribution is -1.75. The summed E-state index contributed by atoms with van der Waals surface area (Å²) in [4.78, 5) is 0. The molecule has 0 bridgehead atoms. The first-order valence-corrected chi connectivity index (χ1v) is 3.40. The van der Waals surface area contributed by atoms with Crippen molar-refractivity contribution in [3.8, 4) is 0 Å². The van der Waals surface area contributed by atoms with Crippen LogP contribution in [0.25, 0.3) is 0 Å². The van der Waals surface area contributed by atoms with Gasteiger partial charge in [-0.1, -0.05) is 17.7 Å². The van der Waals surface area contributed by atoms with Crippen molar-refractivity contribution in [3.05, 3.63) is 35.2 Å². The van der Waals surface area contributed by atoms with Crippen LogP contribution in [0.1, 0.15) is 20.3 Å². The molecular weight excluding hydrogens is 127 g/mol. The van der Waals surface area contributed by atoms with Crippen molar-refractivity contribution in [1.82, 2.24) is 0 Å². The number of rotatable bonds is 0. The Kier molecular flexibility index (Phi) is 2.05. The highest BCUT2D eigenvalue weighted by atomic mass is 19.1. The van der Waals surface area contributed by atoms with Crippen LogP contribution in [0.15, 0.2) is 35.2 Å². The summed E-state index contributed by atoms with van der Waals surface area (Å²) in [5, 5.41) is 0. The third kappa shape index (κ3) is 1.56. The number of hydrogen-bond acceptors (Lipinski definition) is 0. The second kappa shape index (κ2) is 2.82. The summed E-state index contributed by atoms with van der Waals surface area (Å²) in [6.45, 7) is 3.99. The Morgan fingerprint density at radius 2 is 1.90 bits per heavy atom. The van der Waals surface area contributed by atoms with Crippen LogP contribution >= 0.6 is 0 Å². The molecule has 10 heavy (non-hydrogen) atoms. The zero-order valence-electron chi connectivity index (χ0n) is 6.32. The van der Waals surface area contributed by atoms with Crippen molar-refractivity contribution in [2.45, 2.75) is 20.3 Å². The molecule has 0 N–H and O–H groups in total. The summed E-state index contributed by atoms with van der Waals surface area (Å²) >= 11 is 0. The molecule has 54 valence electrons. The minimum absolute atomic E-state index is 0.0591. The van der Waals surface area contributed by atoms with E-state index in [0.717, 1.165) is 5.57 Å². The van der Waals surface area contributed by atoms with Crippen LogP contribution < -0.4 is 0 Å². The van der Waals surface area contributed by atoms with Crippen molar-refractivity contribution >= 4 is 0 Å². The summed E-state index contributed by atoms with van der Waals surface area (Å²) in [6, 6.07) is 0. The quantitative estimate of drug-likeness (QED) is 0.482. The van der Waals surface area contributed by atoms with Crippen LogP contribution in [-0.4, -0.2) is 0 Å². The minimum Gasteiger partial charge on any atom is -0.211 e. The fourth-order valence-electron chi connectivity index (χ4n) is 0.826. The molecule has 1 aliphatic rings. The summed E-state index contributed by atoms with van der Waals surface area (Å²) < 4.78 is 12.6. The van der Waals surface area contributed by atoms with Gasteiger partial charge in [0, 0.05) is 6.42 Å². The molecule has 1 rings (SSSR count). The molecule has 0 saturated heterocycles. The molecule has 0 aliphatic heterocycles. The fourth-order valence-corrected chi connectivity index (χ4v) is 0.826. The van der Waals surface area contributed by atoms with Gasteiger partial charge in [0.2, 0.25) is 0 Å². The van der Waals surface area contributed by atoms with Crippen molar-refractivity contribution in [1.29, 1.82) is 0 Å². The molecule has 0 fully saturated rings. The molecule has 1 aliphatic carbocycles. The van der Waals surface area contributed by atoms with E-state index in [1.165, 1.54) is 11.6 Å². The highest BCUT2D eigenvalue weighted by Crippen LogP contribution is 2.17. The van der Waals surface area contributed by atoms with Gasteiger partial charge in [-0.2, -0.15) is 0 Å². The highest BCUT2D eigenvalue weighted by Gasteiger charge is 1.98. The van der Waals surface area contributed by atoms with Gasteiger partial charge in [-0.15, -0.1) is 0 Å². The van der Waals surface area contributed by atoms with Gasteiger partial charge in [-0.05, 0) is 25.5 Å². The van der Waals surface area contributed by atoms with Gasteiger partial charge in [0.15, 0.2) is 0 Å². The second-order valence-electron chi connectivity index (χ2n) is 2.55. The maximum Gasteiger partial charge on any atom is 0.104 e. The smallest absolute Gasteiger partial charge is 0.104 e. The van der Waals surface area contributed by atoms with Gasteiger partial charge < -0.3 is 0 Å². The van der Waals surface area contributed by atoms with Gasteiger partial charge in [-0.25, -0.2) is 4.39 Å². The van der Waals surface area contributed by atoms with E-state index in [1.54, 1.807) is 0 Å². The molecule has 1 heteroatoms. The van der Waals surface area contributed by atoms with E-state index in [4.69, 9.17) is 0 Å². The molecule has 0 radical (unpaired) electrons. The zero-order valence-corrected chi connectivity index (χ0v) is 6.32. The number of hydrogen-bond donors (Lipinski definition) is 0. The third-order valence-corrected chi connectivity index (χ3v) is 1.74. The minimum atomic E-state index is -0.0591. The molecule has 0 nitrogen and oxygen atoms in total. The second-order valence-corrected chi connectivity index (χ2v) is 2.55. The van der Waals surface area contributed by atoms with E-state index >= 15 is 0 Å². The monoisotopic (exact) mass is 138 g/mol. The largest absolute Gasteiger partial charge is 0.211 e. The summed E-state index contributed by atoms with van der Waals surface area (Å²) in [5.41, 5.74) is 2.32. The van der Waals surface area contributed by atoms with Crippen molar-refractivity contribution in [2.24, 2.45) is 0 Å². The predicted octanol–water partition coefficient (Wildman–Crippen LogP) is 3.14. The number of halogens is 1. The van der Waals surface area contributed by atoms with Crippen LogP contribution in [0.2, 0.25) is 0 Å². The Morgan fingerprint density at radius 3 is 2.60 bits per heavy atom. The summed E-state index contributed by atoms with van der Waals surface area (Å²) in [7, 11) is 0. The predicted molar refractivity (Wildman–Crippen MR) is 41.3 cm³/mol. The normalized spacial score (nSPS) is 18.9. The van der Waals surface area contributed by atoms with Gasteiger partial charge in [-0.3, -0.25) is 0 Å². The summed E-state index contributed by atoms with van der Waals surface area (Å²) in [5.74, 6) is -0.0591. The standard InChI is InChI=1S/C9H11F/c1-7-3-5-9(10)6-4-8(7)2/h3-5H,6H2,1-2H3. The van der Waals surface area contributed by atoms with Gasteiger partial charge in [0.1, 0.15) is 5.83 Å². The number of allylic oxidation sites excluding steroid dienone is 6. The van der Waals surface area contributed by atoms with E-state index in [9.17, 15) is 4.39 Å².